The van der Waals surface area contributed by atoms with Gasteiger partial charge in [-0.15, -0.1) is 0 Å². The van der Waals surface area contributed by atoms with Crippen LogP contribution in [-0.2, 0) is 11.3 Å². The quantitative estimate of drug-likeness (QED) is 0.522. The summed E-state index contributed by atoms with van der Waals surface area (Å²) in [5.74, 6) is 1.08. The highest BCUT2D eigenvalue weighted by molar-refractivity contribution is 5.93. The molecular weight excluding hydrogens is 460 g/mol. The zero-order chi connectivity index (χ0) is 25.5. The molecule has 1 saturated heterocycles. The Bertz CT molecular complexity index is 1200. The van der Waals surface area contributed by atoms with Gasteiger partial charge >= 0.3 is 12.0 Å². The third kappa shape index (κ3) is 5.44. The second-order valence-electron chi connectivity index (χ2n) is 8.37. The van der Waals surface area contributed by atoms with E-state index in [0.717, 1.165) is 66.9 Å². The Morgan fingerprint density at radius 3 is 2.33 bits per heavy atom. The van der Waals surface area contributed by atoms with Gasteiger partial charge in [-0.1, -0.05) is 30.3 Å². The molecule has 2 amide bonds. The van der Waals surface area contributed by atoms with E-state index in [2.05, 4.69) is 0 Å². The van der Waals surface area contributed by atoms with E-state index < -0.39 is 0 Å². The van der Waals surface area contributed by atoms with Crippen LogP contribution < -0.4 is 14.4 Å². The highest BCUT2D eigenvalue weighted by Gasteiger charge is 2.25. The van der Waals surface area contributed by atoms with Crippen LogP contribution in [0.2, 0.25) is 0 Å². The smallest absolute Gasteiger partial charge is 0.337 e. The molecule has 3 aromatic rings. The number of rotatable bonds is 5. The summed E-state index contributed by atoms with van der Waals surface area (Å²) in [7, 11) is 2.36. The molecule has 2 aliphatic rings. The summed E-state index contributed by atoms with van der Waals surface area (Å²) >= 11 is 0. The van der Waals surface area contributed by atoms with Crippen LogP contribution in [0.3, 0.4) is 0 Å². The second kappa shape index (κ2) is 11.6. The van der Waals surface area contributed by atoms with Gasteiger partial charge in [0.2, 0.25) is 6.79 Å². The maximum atomic E-state index is 13.5. The van der Waals surface area contributed by atoms with E-state index >= 15 is 0 Å². The van der Waals surface area contributed by atoms with Crippen molar-refractivity contribution in [3.8, 4) is 22.6 Å². The Balaban J connectivity index is 0.00000148. The molecule has 188 valence electrons. The summed E-state index contributed by atoms with van der Waals surface area (Å²) in [6.07, 6.45) is 2.04. The molecule has 5 rings (SSSR count). The Morgan fingerprint density at radius 1 is 0.917 bits per heavy atom. The minimum Gasteiger partial charge on any atom is -0.465 e. The molecule has 8 nitrogen and oxygen atoms in total. The zero-order valence-electron chi connectivity index (χ0n) is 20.5. The van der Waals surface area contributed by atoms with Crippen molar-refractivity contribution in [3.63, 3.8) is 0 Å². The zero-order valence-corrected chi connectivity index (χ0v) is 20.5. The topological polar surface area (TPSA) is 88.5 Å². The summed E-state index contributed by atoms with van der Waals surface area (Å²) in [4.78, 5) is 29.0. The minimum absolute atomic E-state index is 0.0163. The van der Waals surface area contributed by atoms with E-state index in [-0.39, 0.29) is 18.8 Å². The number of nitrogens with zero attached hydrogens (tertiary/aromatic N) is 2. The molecular formula is C28H30N2O6. The SMILES string of the molecule is CO.COC(=O)c1ccc(CN(C(=O)N2CCCC2)c2cccc(-c3ccc4c(c3)OCO4)c2)cc1. The van der Waals surface area contributed by atoms with Gasteiger partial charge in [-0.2, -0.15) is 0 Å². The van der Waals surface area contributed by atoms with Gasteiger partial charge in [0.25, 0.3) is 0 Å². The number of ether oxygens (including phenoxy) is 3. The number of aliphatic hydroxyl groups is 1. The van der Waals surface area contributed by atoms with Crippen molar-refractivity contribution in [2.24, 2.45) is 0 Å². The highest BCUT2D eigenvalue weighted by Crippen LogP contribution is 2.37. The number of anilines is 1. The Kier molecular flexibility index (Phi) is 8.07. The fourth-order valence-electron chi connectivity index (χ4n) is 4.32. The number of urea groups is 1. The maximum Gasteiger partial charge on any atom is 0.337 e. The van der Waals surface area contributed by atoms with Crippen molar-refractivity contribution in [2.45, 2.75) is 19.4 Å². The molecule has 0 atom stereocenters. The maximum absolute atomic E-state index is 13.5. The molecule has 0 aliphatic carbocycles. The van der Waals surface area contributed by atoms with E-state index in [9.17, 15) is 9.59 Å². The molecule has 2 heterocycles. The number of esters is 1. The van der Waals surface area contributed by atoms with Crippen LogP contribution >= 0.6 is 0 Å². The van der Waals surface area contributed by atoms with Gasteiger partial charge in [0.1, 0.15) is 0 Å². The number of hydrogen-bond acceptors (Lipinski definition) is 6. The van der Waals surface area contributed by atoms with Crippen LogP contribution in [-0.4, -0.2) is 56.1 Å². The normalized spacial score (nSPS) is 13.6. The van der Waals surface area contributed by atoms with E-state index in [1.165, 1.54) is 7.11 Å². The standard InChI is InChI=1S/C27H26N2O5.CH4O/c1-32-26(30)20-9-7-19(8-10-20)17-29(27(31)28-13-2-3-14-28)23-6-4-5-21(15-23)22-11-12-24-25(16-22)34-18-33-24;1-2/h4-12,15-16H,2-3,13-14,17-18H2,1H3;2H,1H3. The van der Waals surface area contributed by atoms with Gasteiger partial charge in [-0.25, -0.2) is 9.59 Å². The van der Waals surface area contributed by atoms with Gasteiger partial charge in [-0.3, -0.25) is 4.90 Å². The number of aliphatic hydroxyl groups excluding tert-OH is 1. The lowest BCUT2D eigenvalue weighted by molar-refractivity contribution is 0.0600. The van der Waals surface area contributed by atoms with E-state index in [1.54, 1.807) is 17.0 Å². The van der Waals surface area contributed by atoms with Crippen molar-refractivity contribution >= 4 is 17.7 Å². The third-order valence-electron chi connectivity index (χ3n) is 6.19. The first-order valence-corrected chi connectivity index (χ1v) is 11.8. The summed E-state index contributed by atoms with van der Waals surface area (Å²) < 4.78 is 15.7. The average molecular weight is 491 g/mol. The van der Waals surface area contributed by atoms with Gasteiger partial charge in [0.15, 0.2) is 11.5 Å². The van der Waals surface area contributed by atoms with Gasteiger partial charge in [-0.05, 0) is 65.9 Å². The number of carbonyl (C=O) groups is 2. The predicted octanol–water partition coefficient (Wildman–Crippen LogP) is 4.70. The summed E-state index contributed by atoms with van der Waals surface area (Å²) in [6, 6.07) is 21.0. The van der Waals surface area contributed by atoms with E-state index in [0.29, 0.717) is 12.1 Å². The molecule has 0 bridgehead atoms. The third-order valence-corrected chi connectivity index (χ3v) is 6.19. The lowest BCUT2D eigenvalue weighted by Gasteiger charge is -2.28. The number of benzene rings is 3. The number of carbonyl (C=O) groups excluding carboxylic acids is 2. The molecule has 3 aromatic carbocycles. The summed E-state index contributed by atoms with van der Waals surface area (Å²) in [6.45, 7) is 2.14. The van der Waals surface area contributed by atoms with Crippen LogP contribution in [0.4, 0.5) is 10.5 Å². The monoisotopic (exact) mass is 490 g/mol. The van der Waals surface area contributed by atoms with Crippen molar-refractivity contribution in [3.05, 3.63) is 77.9 Å². The van der Waals surface area contributed by atoms with Crippen LogP contribution in [0.15, 0.2) is 66.7 Å². The van der Waals surface area contributed by atoms with Gasteiger partial charge in [0.05, 0.1) is 19.2 Å². The van der Waals surface area contributed by atoms with Crippen molar-refractivity contribution in [2.75, 3.05) is 39.0 Å². The molecule has 36 heavy (non-hydrogen) atoms. The minimum atomic E-state index is -0.382. The molecule has 1 fully saturated rings. The number of fused-ring (bicyclic) bond motifs is 1. The molecule has 0 unspecified atom stereocenters. The number of methoxy groups -OCH3 is 1. The van der Waals surface area contributed by atoms with Crippen LogP contribution in [0.5, 0.6) is 11.5 Å². The molecule has 2 aliphatic heterocycles. The summed E-state index contributed by atoms with van der Waals surface area (Å²) in [5.41, 5.74) is 4.18. The number of hydrogen-bond donors (Lipinski definition) is 1. The molecule has 1 N–H and O–H groups in total. The fourth-order valence-corrected chi connectivity index (χ4v) is 4.32. The molecule has 0 saturated carbocycles. The van der Waals surface area contributed by atoms with E-state index in [4.69, 9.17) is 19.3 Å². The predicted molar refractivity (Wildman–Crippen MR) is 136 cm³/mol. The largest absolute Gasteiger partial charge is 0.465 e. The lowest BCUT2D eigenvalue weighted by atomic mass is 10.0. The lowest BCUT2D eigenvalue weighted by Crippen LogP contribution is -2.41. The average Bonchev–Trinajstić information content (AvgIpc) is 3.65. The first-order chi connectivity index (χ1) is 17.6. The highest BCUT2D eigenvalue weighted by atomic mass is 16.7. The molecule has 8 heteroatoms. The fraction of sp³-hybridized carbons (Fsp3) is 0.286. The first kappa shape index (κ1) is 25.1. The summed E-state index contributed by atoms with van der Waals surface area (Å²) in [5, 5.41) is 7.00. The van der Waals surface area contributed by atoms with Crippen molar-refractivity contribution < 1.29 is 28.9 Å². The van der Waals surface area contributed by atoms with Crippen LogP contribution in [0, 0.1) is 0 Å². The van der Waals surface area contributed by atoms with Gasteiger partial charge in [0, 0.05) is 25.9 Å². The van der Waals surface area contributed by atoms with Gasteiger partial charge < -0.3 is 24.2 Å². The van der Waals surface area contributed by atoms with E-state index in [1.807, 2.05) is 59.5 Å². The van der Waals surface area contributed by atoms with Crippen LogP contribution in [0.25, 0.3) is 11.1 Å². The molecule has 0 radical (unpaired) electrons. The Hall–Kier alpha value is -4.04. The first-order valence-electron chi connectivity index (χ1n) is 11.8. The number of likely N-dealkylation sites (tertiary alicyclic amines) is 1. The Labute approximate surface area is 210 Å². The molecule has 0 aromatic heterocycles. The molecule has 0 spiro atoms. The van der Waals surface area contributed by atoms with Crippen LogP contribution in [0.1, 0.15) is 28.8 Å². The Morgan fingerprint density at radius 2 is 1.61 bits per heavy atom. The second-order valence-corrected chi connectivity index (χ2v) is 8.37. The van der Waals surface area contributed by atoms with Crippen molar-refractivity contribution in [1.29, 1.82) is 0 Å². The number of amides is 2. The van der Waals surface area contributed by atoms with Crippen molar-refractivity contribution in [1.82, 2.24) is 4.90 Å².